The number of allylic oxidation sites excluding steroid dienone is 2. The van der Waals surface area contributed by atoms with Gasteiger partial charge in [-0.15, -0.1) is 0 Å². The molecule has 66 valence electrons. The van der Waals surface area contributed by atoms with Crippen LogP contribution in [0.25, 0.3) is 0 Å². The minimum absolute atomic E-state index is 0.164. The number of carbonyl (C=O) groups is 1. The van der Waals surface area contributed by atoms with Crippen LogP contribution in [0.15, 0.2) is 12.2 Å². The van der Waals surface area contributed by atoms with Crippen molar-refractivity contribution < 1.29 is 9.90 Å². The van der Waals surface area contributed by atoms with E-state index in [0.29, 0.717) is 13.1 Å². The smallest absolute Gasteiger partial charge is 0.226 e. The summed E-state index contributed by atoms with van der Waals surface area (Å²) in [5.74, 6) is 0.378. The third kappa shape index (κ3) is 1.25. The summed E-state index contributed by atoms with van der Waals surface area (Å²) in [4.78, 5) is 13.3. The topological polar surface area (TPSA) is 40.5 Å². The lowest BCUT2D eigenvalue weighted by Crippen LogP contribution is -2.55. The molecule has 0 atom stereocenters. The zero-order chi connectivity index (χ0) is 8.55. The van der Waals surface area contributed by atoms with Gasteiger partial charge in [-0.2, -0.15) is 0 Å². The molecule has 1 saturated heterocycles. The molecule has 0 radical (unpaired) electrons. The molecule has 1 N–H and O–H groups in total. The highest BCUT2D eigenvalue weighted by Gasteiger charge is 2.33. The number of likely N-dealkylation sites (tertiary alicyclic amines) is 1. The first-order valence-electron chi connectivity index (χ1n) is 4.39. The van der Waals surface area contributed by atoms with E-state index in [1.165, 1.54) is 0 Å². The van der Waals surface area contributed by atoms with Crippen molar-refractivity contribution in [1.82, 2.24) is 4.90 Å². The highest BCUT2D eigenvalue weighted by atomic mass is 16.3. The van der Waals surface area contributed by atoms with Crippen LogP contribution < -0.4 is 0 Å². The number of nitrogens with zero attached hydrogens (tertiary/aromatic N) is 1. The molecule has 0 unspecified atom stereocenters. The van der Waals surface area contributed by atoms with Crippen LogP contribution in [0.5, 0.6) is 0 Å². The van der Waals surface area contributed by atoms with Gasteiger partial charge in [-0.05, 0) is 12.8 Å². The maximum Gasteiger partial charge on any atom is 0.226 e. The molecule has 1 aliphatic heterocycles. The van der Waals surface area contributed by atoms with E-state index in [0.717, 1.165) is 12.8 Å². The first-order valence-corrected chi connectivity index (χ1v) is 4.39. The summed E-state index contributed by atoms with van der Waals surface area (Å²) in [7, 11) is 0. The van der Waals surface area contributed by atoms with Crippen LogP contribution in [-0.4, -0.2) is 35.1 Å². The van der Waals surface area contributed by atoms with Crippen LogP contribution in [0, 0.1) is 5.92 Å². The summed E-state index contributed by atoms with van der Waals surface area (Å²) in [6, 6.07) is 0. The predicted octanol–water partition coefficient (Wildman–Crippen LogP) is 0.156. The van der Waals surface area contributed by atoms with Crippen molar-refractivity contribution in [2.24, 2.45) is 5.92 Å². The van der Waals surface area contributed by atoms with Crippen LogP contribution in [-0.2, 0) is 4.79 Å². The lowest BCUT2D eigenvalue weighted by Gasteiger charge is -2.37. The second kappa shape index (κ2) is 2.90. The Balaban J connectivity index is 1.84. The largest absolute Gasteiger partial charge is 0.389 e. The number of amides is 1. The lowest BCUT2D eigenvalue weighted by atomic mass is 10.0. The third-order valence-electron chi connectivity index (χ3n) is 2.53. The summed E-state index contributed by atoms with van der Waals surface area (Å²) in [6.07, 6.45) is 5.59. The highest BCUT2D eigenvalue weighted by Crippen LogP contribution is 2.22. The fourth-order valence-electron chi connectivity index (χ4n) is 1.71. The first-order chi connectivity index (χ1) is 5.77. The van der Waals surface area contributed by atoms with E-state index in [1.54, 1.807) is 4.90 Å². The Kier molecular flexibility index (Phi) is 1.89. The van der Waals surface area contributed by atoms with Gasteiger partial charge in [0.15, 0.2) is 0 Å². The molecule has 1 heterocycles. The van der Waals surface area contributed by atoms with Gasteiger partial charge in [0.1, 0.15) is 0 Å². The van der Waals surface area contributed by atoms with Gasteiger partial charge in [-0.1, -0.05) is 12.2 Å². The molecule has 0 aromatic carbocycles. The van der Waals surface area contributed by atoms with E-state index in [2.05, 4.69) is 12.2 Å². The van der Waals surface area contributed by atoms with Crippen molar-refractivity contribution in [3.05, 3.63) is 12.2 Å². The number of aliphatic hydroxyl groups is 1. The van der Waals surface area contributed by atoms with Gasteiger partial charge in [-0.3, -0.25) is 4.79 Å². The zero-order valence-electron chi connectivity index (χ0n) is 6.94. The highest BCUT2D eigenvalue weighted by molar-refractivity contribution is 5.80. The number of hydrogen-bond acceptors (Lipinski definition) is 2. The van der Waals surface area contributed by atoms with Crippen molar-refractivity contribution in [3.63, 3.8) is 0 Å². The van der Waals surface area contributed by atoms with E-state index in [9.17, 15) is 4.79 Å². The summed E-state index contributed by atoms with van der Waals surface area (Å²) in [5.41, 5.74) is 0. The summed E-state index contributed by atoms with van der Waals surface area (Å²) >= 11 is 0. The number of rotatable bonds is 1. The van der Waals surface area contributed by atoms with Crippen molar-refractivity contribution in [2.75, 3.05) is 13.1 Å². The van der Waals surface area contributed by atoms with Crippen molar-refractivity contribution >= 4 is 5.91 Å². The second-order valence-corrected chi connectivity index (χ2v) is 3.54. The zero-order valence-corrected chi connectivity index (χ0v) is 6.94. The maximum atomic E-state index is 11.5. The van der Waals surface area contributed by atoms with Crippen LogP contribution in [0.1, 0.15) is 12.8 Å². The summed E-state index contributed by atoms with van der Waals surface area (Å²) in [6.45, 7) is 1.07. The summed E-state index contributed by atoms with van der Waals surface area (Å²) in [5, 5.41) is 9.00. The lowest BCUT2D eigenvalue weighted by molar-refractivity contribution is -0.145. The number of hydrogen-bond donors (Lipinski definition) is 1. The number of aliphatic hydroxyl groups excluding tert-OH is 1. The fourth-order valence-corrected chi connectivity index (χ4v) is 1.71. The Bertz CT molecular complexity index is 211. The summed E-state index contributed by atoms with van der Waals surface area (Å²) < 4.78 is 0. The molecule has 0 aromatic heterocycles. The van der Waals surface area contributed by atoms with E-state index >= 15 is 0 Å². The molecule has 1 aliphatic carbocycles. The first kappa shape index (κ1) is 7.80. The van der Waals surface area contributed by atoms with Gasteiger partial charge in [0.05, 0.1) is 6.10 Å². The number of carbonyl (C=O) groups excluding carboxylic acids is 1. The molecule has 2 rings (SSSR count). The molecule has 0 bridgehead atoms. The molecule has 0 spiro atoms. The van der Waals surface area contributed by atoms with Crippen LogP contribution in [0.3, 0.4) is 0 Å². The van der Waals surface area contributed by atoms with Gasteiger partial charge < -0.3 is 10.0 Å². The molecule has 1 fully saturated rings. The van der Waals surface area contributed by atoms with Crippen LogP contribution >= 0.6 is 0 Å². The molecular weight excluding hydrogens is 154 g/mol. The van der Waals surface area contributed by atoms with Gasteiger partial charge in [-0.25, -0.2) is 0 Å². The van der Waals surface area contributed by atoms with Crippen molar-refractivity contribution in [2.45, 2.75) is 18.9 Å². The van der Waals surface area contributed by atoms with Gasteiger partial charge >= 0.3 is 0 Å². The Hall–Kier alpha value is -0.830. The average Bonchev–Trinajstić information content (AvgIpc) is 2.49. The molecule has 3 heteroatoms. The Morgan fingerprint density at radius 1 is 1.33 bits per heavy atom. The average molecular weight is 167 g/mol. The van der Waals surface area contributed by atoms with Gasteiger partial charge in [0, 0.05) is 19.0 Å². The molecule has 0 saturated carbocycles. The Labute approximate surface area is 71.7 Å². The fraction of sp³-hybridized carbons (Fsp3) is 0.667. The monoisotopic (exact) mass is 167 g/mol. The molecule has 2 aliphatic rings. The molecule has 0 aromatic rings. The molecule has 1 amide bonds. The standard InChI is InChI=1S/C9H13NO2/c11-8-5-10(6-8)9(12)7-3-1-2-4-7/h1-2,7-8,11H,3-6H2. The van der Waals surface area contributed by atoms with E-state index in [-0.39, 0.29) is 17.9 Å². The minimum atomic E-state index is -0.275. The van der Waals surface area contributed by atoms with E-state index < -0.39 is 0 Å². The molecular formula is C9H13NO2. The molecule has 3 nitrogen and oxygen atoms in total. The number of β-amino-alcohol motifs (C(OH)–C–C–N with tert-alkyl or cyclic N) is 1. The van der Waals surface area contributed by atoms with Gasteiger partial charge in [0.25, 0.3) is 0 Å². The van der Waals surface area contributed by atoms with Gasteiger partial charge in [0.2, 0.25) is 5.91 Å². The molecule has 12 heavy (non-hydrogen) atoms. The predicted molar refractivity (Wildman–Crippen MR) is 44.5 cm³/mol. The van der Waals surface area contributed by atoms with Crippen molar-refractivity contribution in [3.8, 4) is 0 Å². The van der Waals surface area contributed by atoms with Crippen LogP contribution in [0.2, 0.25) is 0 Å². The normalized spacial score (nSPS) is 24.6. The SMILES string of the molecule is O=C(C1CC=CC1)N1CC(O)C1. The van der Waals surface area contributed by atoms with E-state index in [1.807, 2.05) is 0 Å². The van der Waals surface area contributed by atoms with Crippen molar-refractivity contribution in [1.29, 1.82) is 0 Å². The third-order valence-corrected chi connectivity index (χ3v) is 2.53. The Morgan fingerprint density at radius 3 is 2.42 bits per heavy atom. The minimum Gasteiger partial charge on any atom is -0.389 e. The van der Waals surface area contributed by atoms with Crippen LogP contribution in [0.4, 0.5) is 0 Å². The quantitative estimate of drug-likeness (QED) is 0.565. The Morgan fingerprint density at radius 2 is 1.92 bits per heavy atom. The van der Waals surface area contributed by atoms with E-state index in [4.69, 9.17) is 5.11 Å². The maximum absolute atomic E-state index is 11.5. The second-order valence-electron chi connectivity index (χ2n) is 3.54.